The van der Waals surface area contributed by atoms with Crippen LogP contribution in [0, 0.1) is 17.2 Å². The quantitative estimate of drug-likeness (QED) is 0.922. The van der Waals surface area contributed by atoms with Crippen LogP contribution in [0.1, 0.15) is 24.1 Å². The number of thiophene rings is 1. The number of carbonyl (C=O) groups is 1. The molecule has 23 heavy (non-hydrogen) atoms. The second kappa shape index (κ2) is 7.11. The molecule has 0 unspecified atom stereocenters. The number of piperidine rings is 1. The van der Waals surface area contributed by atoms with E-state index < -0.39 is 0 Å². The molecule has 5 nitrogen and oxygen atoms in total. The van der Waals surface area contributed by atoms with E-state index in [1.807, 2.05) is 22.4 Å². The van der Waals surface area contributed by atoms with Crippen LogP contribution in [-0.2, 0) is 11.2 Å². The number of hydrogen-bond acceptors (Lipinski definition) is 6. The molecule has 3 heterocycles. The fourth-order valence-corrected chi connectivity index (χ4v) is 4.43. The molecule has 3 rings (SSSR count). The first-order chi connectivity index (χ1) is 11.2. The summed E-state index contributed by atoms with van der Waals surface area (Å²) < 4.78 is 0. The Bertz CT molecular complexity index is 709. The van der Waals surface area contributed by atoms with Crippen molar-refractivity contribution in [2.45, 2.75) is 25.7 Å². The molecule has 0 saturated carbocycles. The van der Waals surface area contributed by atoms with Gasteiger partial charge in [0.05, 0.1) is 16.6 Å². The molecule has 2 N–H and O–H groups in total. The third-order valence-electron chi connectivity index (χ3n) is 4.06. The van der Waals surface area contributed by atoms with Gasteiger partial charge in [0.1, 0.15) is 0 Å². The molecule has 0 aromatic carbocycles. The lowest BCUT2D eigenvalue weighted by atomic mass is 9.98. The lowest BCUT2D eigenvalue weighted by Crippen LogP contribution is -2.38. The Morgan fingerprint density at radius 3 is 2.91 bits per heavy atom. The Balaban J connectivity index is 1.61. The van der Waals surface area contributed by atoms with Crippen LogP contribution in [0.4, 0.5) is 5.13 Å². The summed E-state index contributed by atoms with van der Waals surface area (Å²) in [6.07, 6.45) is 2.71. The van der Waals surface area contributed by atoms with Gasteiger partial charge in [-0.1, -0.05) is 6.07 Å². The van der Waals surface area contributed by atoms with Gasteiger partial charge < -0.3 is 10.6 Å². The summed E-state index contributed by atoms with van der Waals surface area (Å²) in [5.74, 6) is 0.260. The molecule has 0 bridgehead atoms. The van der Waals surface area contributed by atoms with Gasteiger partial charge in [0, 0.05) is 30.3 Å². The molecule has 0 atom stereocenters. The Kier molecular flexibility index (Phi) is 4.94. The van der Waals surface area contributed by atoms with Gasteiger partial charge in [-0.3, -0.25) is 4.79 Å². The number of nitriles is 1. The van der Waals surface area contributed by atoms with E-state index in [0.717, 1.165) is 28.3 Å². The highest BCUT2D eigenvalue weighted by Gasteiger charge is 2.23. The van der Waals surface area contributed by atoms with Gasteiger partial charge in [-0.15, -0.1) is 22.7 Å². The lowest BCUT2D eigenvalue weighted by Gasteiger charge is -2.29. The number of rotatable bonds is 4. The van der Waals surface area contributed by atoms with Crippen molar-refractivity contribution < 1.29 is 4.79 Å². The Morgan fingerprint density at radius 1 is 1.48 bits per heavy atom. The number of aromatic nitrogens is 1. The van der Waals surface area contributed by atoms with Crippen LogP contribution < -0.4 is 5.73 Å². The third-order valence-corrected chi connectivity index (χ3v) is 5.89. The number of nitrogen functional groups attached to an aromatic ring is 1. The molecule has 1 aliphatic rings. The number of nitrogens with zero attached hydrogens (tertiary/aromatic N) is 3. The molecule has 2 aromatic heterocycles. The van der Waals surface area contributed by atoms with Gasteiger partial charge in [0.25, 0.3) is 0 Å². The third kappa shape index (κ3) is 3.71. The molecule has 1 fully saturated rings. The molecule has 7 heteroatoms. The molecule has 1 amide bonds. The van der Waals surface area contributed by atoms with Crippen LogP contribution in [0.15, 0.2) is 17.5 Å². The molecule has 120 valence electrons. The fourth-order valence-electron chi connectivity index (χ4n) is 2.78. The number of likely N-dealkylation sites (tertiary alicyclic amines) is 1. The standard InChI is InChI=1S/C16H18N4OS2/c17-10-11-5-7-20(8-6-11)14(21)4-3-13-15(19-16(18)23-13)12-2-1-9-22-12/h1-2,9,11H,3-8H2,(H2,18,19). The predicted molar refractivity (Wildman–Crippen MR) is 93.1 cm³/mol. The SMILES string of the molecule is N#CC1CCN(C(=O)CCc2sc(N)nc2-c2cccs2)CC1. The van der Waals surface area contributed by atoms with Gasteiger partial charge in [0.15, 0.2) is 5.13 Å². The van der Waals surface area contributed by atoms with Crippen LogP contribution in [0.3, 0.4) is 0 Å². The Hall–Kier alpha value is -1.91. The van der Waals surface area contributed by atoms with E-state index in [-0.39, 0.29) is 11.8 Å². The summed E-state index contributed by atoms with van der Waals surface area (Å²) in [5, 5.41) is 11.5. The maximum absolute atomic E-state index is 12.4. The second-order valence-corrected chi connectivity index (χ2v) is 7.65. The van der Waals surface area contributed by atoms with E-state index in [9.17, 15) is 4.79 Å². The summed E-state index contributed by atoms with van der Waals surface area (Å²) in [4.78, 5) is 20.8. The van der Waals surface area contributed by atoms with Gasteiger partial charge in [-0.2, -0.15) is 5.26 Å². The Morgan fingerprint density at radius 2 is 2.26 bits per heavy atom. The summed E-state index contributed by atoms with van der Waals surface area (Å²) >= 11 is 3.10. The van der Waals surface area contributed by atoms with Crippen LogP contribution in [0.25, 0.3) is 10.6 Å². The molecule has 0 spiro atoms. The minimum absolute atomic E-state index is 0.103. The molecule has 1 aliphatic heterocycles. The average molecular weight is 346 g/mol. The fraction of sp³-hybridized carbons (Fsp3) is 0.438. The van der Waals surface area contributed by atoms with Gasteiger partial charge in [-0.25, -0.2) is 4.98 Å². The Labute approximate surface area is 143 Å². The van der Waals surface area contributed by atoms with Crippen molar-refractivity contribution in [3.8, 4) is 16.6 Å². The average Bonchev–Trinajstić information content (AvgIpc) is 3.22. The molecular weight excluding hydrogens is 328 g/mol. The first kappa shape index (κ1) is 16.0. The molecular formula is C16H18N4OS2. The van der Waals surface area contributed by atoms with Crippen molar-refractivity contribution >= 4 is 33.7 Å². The van der Waals surface area contributed by atoms with Crippen molar-refractivity contribution in [1.82, 2.24) is 9.88 Å². The zero-order valence-corrected chi connectivity index (χ0v) is 14.3. The number of carbonyl (C=O) groups excluding carboxylic acids is 1. The topological polar surface area (TPSA) is 83.0 Å². The van der Waals surface area contributed by atoms with Gasteiger partial charge in [0.2, 0.25) is 5.91 Å². The maximum atomic E-state index is 12.4. The summed E-state index contributed by atoms with van der Waals surface area (Å²) in [5.41, 5.74) is 6.77. The van der Waals surface area contributed by atoms with E-state index in [4.69, 9.17) is 11.0 Å². The first-order valence-corrected chi connectivity index (χ1v) is 9.33. The second-order valence-electron chi connectivity index (χ2n) is 5.59. The maximum Gasteiger partial charge on any atom is 0.222 e. The largest absolute Gasteiger partial charge is 0.375 e. The zero-order valence-electron chi connectivity index (χ0n) is 12.7. The zero-order chi connectivity index (χ0) is 16.2. The molecule has 0 radical (unpaired) electrons. The van der Waals surface area contributed by atoms with E-state index in [2.05, 4.69) is 11.1 Å². The molecule has 0 aliphatic carbocycles. The van der Waals surface area contributed by atoms with Crippen LogP contribution >= 0.6 is 22.7 Å². The monoisotopic (exact) mass is 346 g/mol. The van der Waals surface area contributed by atoms with Crippen molar-refractivity contribution in [1.29, 1.82) is 5.26 Å². The van der Waals surface area contributed by atoms with Crippen molar-refractivity contribution in [3.05, 3.63) is 22.4 Å². The van der Waals surface area contributed by atoms with E-state index >= 15 is 0 Å². The van der Waals surface area contributed by atoms with Gasteiger partial charge >= 0.3 is 0 Å². The summed E-state index contributed by atoms with van der Waals surface area (Å²) in [6, 6.07) is 6.30. The summed E-state index contributed by atoms with van der Waals surface area (Å²) in [6.45, 7) is 1.39. The minimum Gasteiger partial charge on any atom is -0.375 e. The highest BCUT2D eigenvalue weighted by atomic mass is 32.1. The first-order valence-electron chi connectivity index (χ1n) is 7.64. The lowest BCUT2D eigenvalue weighted by molar-refractivity contribution is -0.132. The highest BCUT2D eigenvalue weighted by Crippen LogP contribution is 2.33. The highest BCUT2D eigenvalue weighted by molar-refractivity contribution is 7.17. The number of thiazole rings is 1. The molecule has 1 saturated heterocycles. The van der Waals surface area contributed by atoms with Gasteiger partial charge in [-0.05, 0) is 30.7 Å². The van der Waals surface area contributed by atoms with Crippen molar-refractivity contribution in [2.75, 3.05) is 18.8 Å². The van der Waals surface area contributed by atoms with Crippen molar-refractivity contribution in [3.63, 3.8) is 0 Å². The van der Waals surface area contributed by atoms with Crippen LogP contribution in [0.2, 0.25) is 0 Å². The molecule has 2 aromatic rings. The van der Waals surface area contributed by atoms with Crippen LogP contribution in [0.5, 0.6) is 0 Å². The number of amides is 1. The van der Waals surface area contributed by atoms with E-state index in [1.54, 1.807) is 11.3 Å². The number of aryl methyl sites for hydroxylation is 1. The van der Waals surface area contributed by atoms with Crippen molar-refractivity contribution in [2.24, 2.45) is 5.92 Å². The number of anilines is 1. The summed E-state index contributed by atoms with van der Waals surface area (Å²) in [7, 11) is 0. The number of nitrogens with two attached hydrogens (primary N) is 1. The van der Waals surface area contributed by atoms with E-state index in [0.29, 0.717) is 31.1 Å². The predicted octanol–water partition coefficient (Wildman–Crippen LogP) is 3.15. The van der Waals surface area contributed by atoms with Crippen LogP contribution in [-0.4, -0.2) is 28.9 Å². The van der Waals surface area contributed by atoms with E-state index in [1.165, 1.54) is 11.3 Å². The smallest absolute Gasteiger partial charge is 0.222 e. The normalized spacial score (nSPS) is 15.5. The minimum atomic E-state index is 0.103. The number of hydrogen-bond donors (Lipinski definition) is 1.